The van der Waals surface area contributed by atoms with Gasteiger partial charge in [0.1, 0.15) is 0 Å². The molecule has 7 nitrogen and oxygen atoms in total. The van der Waals surface area contributed by atoms with E-state index in [4.69, 9.17) is 16.3 Å². The van der Waals surface area contributed by atoms with E-state index in [0.717, 1.165) is 22.4 Å². The molecule has 0 aliphatic carbocycles. The molecule has 0 atom stereocenters. The van der Waals surface area contributed by atoms with Crippen molar-refractivity contribution >= 4 is 45.6 Å². The molecule has 0 heterocycles. The van der Waals surface area contributed by atoms with E-state index in [1.807, 2.05) is 42.5 Å². The number of benzene rings is 3. The van der Waals surface area contributed by atoms with E-state index < -0.39 is 23.4 Å². The molecule has 0 aromatic heterocycles. The van der Waals surface area contributed by atoms with Gasteiger partial charge in [0.05, 0.1) is 22.1 Å². The van der Waals surface area contributed by atoms with Crippen molar-refractivity contribution in [2.45, 2.75) is 6.42 Å². The fraction of sp³-hybridized carbons (Fsp3) is 0.100. The molecule has 28 heavy (non-hydrogen) atoms. The number of fused-ring (bicyclic) bond motifs is 1. The van der Waals surface area contributed by atoms with Gasteiger partial charge in [-0.2, -0.15) is 0 Å². The monoisotopic (exact) mass is 398 g/mol. The molecule has 0 unspecified atom stereocenters. The Morgan fingerprint density at radius 1 is 1.04 bits per heavy atom. The van der Waals surface area contributed by atoms with Gasteiger partial charge in [-0.15, -0.1) is 0 Å². The molecule has 1 amide bonds. The molecule has 0 bridgehead atoms. The van der Waals surface area contributed by atoms with E-state index in [9.17, 15) is 19.7 Å². The molecular weight excluding hydrogens is 384 g/mol. The van der Waals surface area contributed by atoms with Crippen molar-refractivity contribution in [3.63, 3.8) is 0 Å². The number of carbonyl (C=O) groups excluding carboxylic acids is 2. The number of halogens is 1. The van der Waals surface area contributed by atoms with Gasteiger partial charge >= 0.3 is 5.97 Å². The van der Waals surface area contributed by atoms with E-state index in [1.165, 1.54) is 12.1 Å². The minimum Gasteiger partial charge on any atom is -0.455 e. The van der Waals surface area contributed by atoms with Crippen LogP contribution in [0.3, 0.4) is 0 Å². The highest BCUT2D eigenvalue weighted by molar-refractivity contribution is 6.34. The minimum absolute atomic E-state index is 0.0186. The molecule has 142 valence electrons. The Balaban J connectivity index is 1.53. The molecule has 3 aromatic carbocycles. The first kappa shape index (κ1) is 19.3. The zero-order chi connectivity index (χ0) is 20.1. The third-order valence-corrected chi connectivity index (χ3v) is 4.28. The highest BCUT2D eigenvalue weighted by Gasteiger charge is 2.13. The maximum atomic E-state index is 12.0. The number of nitrogens with one attached hydrogen (secondary N) is 1. The van der Waals surface area contributed by atoms with E-state index in [-0.39, 0.29) is 22.8 Å². The predicted octanol–water partition coefficient (Wildman–Crippen LogP) is 4.13. The number of hydrogen-bond acceptors (Lipinski definition) is 5. The highest BCUT2D eigenvalue weighted by atomic mass is 35.5. The summed E-state index contributed by atoms with van der Waals surface area (Å²) in [7, 11) is 0. The van der Waals surface area contributed by atoms with Crippen LogP contribution >= 0.6 is 11.6 Å². The third-order valence-electron chi connectivity index (χ3n) is 3.96. The number of anilines is 1. The van der Waals surface area contributed by atoms with Crippen LogP contribution in [0.25, 0.3) is 10.8 Å². The van der Waals surface area contributed by atoms with Crippen molar-refractivity contribution < 1.29 is 19.2 Å². The molecule has 3 aromatic rings. The Kier molecular flexibility index (Phi) is 5.86. The zero-order valence-corrected chi connectivity index (χ0v) is 15.3. The molecule has 0 saturated carbocycles. The molecule has 3 rings (SSSR count). The Hall–Kier alpha value is -3.45. The summed E-state index contributed by atoms with van der Waals surface area (Å²) in [5.41, 5.74) is 0.787. The summed E-state index contributed by atoms with van der Waals surface area (Å²) in [6.45, 7) is -0.486. The largest absolute Gasteiger partial charge is 0.455 e. The zero-order valence-electron chi connectivity index (χ0n) is 14.6. The lowest BCUT2D eigenvalue weighted by molar-refractivity contribution is -0.384. The number of hydrogen-bond donors (Lipinski definition) is 1. The third kappa shape index (κ3) is 4.83. The van der Waals surface area contributed by atoms with Crippen molar-refractivity contribution in [1.82, 2.24) is 0 Å². The van der Waals surface area contributed by atoms with Crippen LogP contribution in [-0.4, -0.2) is 23.4 Å². The van der Waals surface area contributed by atoms with Crippen LogP contribution in [0.15, 0.2) is 60.7 Å². The summed E-state index contributed by atoms with van der Waals surface area (Å²) in [6, 6.07) is 17.1. The molecular formula is C20H15ClN2O5. The van der Waals surface area contributed by atoms with Crippen LogP contribution in [0.5, 0.6) is 0 Å². The lowest BCUT2D eigenvalue weighted by Gasteiger charge is -2.08. The van der Waals surface area contributed by atoms with Crippen molar-refractivity contribution in [2.75, 3.05) is 11.9 Å². The lowest BCUT2D eigenvalue weighted by Crippen LogP contribution is -2.21. The quantitative estimate of drug-likeness (QED) is 0.382. The topological polar surface area (TPSA) is 98.5 Å². The number of nitro benzene ring substituents is 1. The summed E-state index contributed by atoms with van der Waals surface area (Å²) >= 11 is 5.91. The van der Waals surface area contributed by atoms with Gasteiger partial charge < -0.3 is 10.1 Å². The Morgan fingerprint density at radius 3 is 2.50 bits per heavy atom. The van der Waals surface area contributed by atoms with Crippen LogP contribution in [0, 0.1) is 10.1 Å². The predicted molar refractivity (Wildman–Crippen MR) is 105 cm³/mol. The molecule has 8 heteroatoms. The van der Waals surface area contributed by atoms with E-state index in [2.05, 4.69) is 5.32 Å². The van der Waals surface area contributed by atoms with Crippen LogP contribution < -0.4 is 5.32 Å². The fourth-order valence-corrected chi connectivity index (χ4v) is 2.84. The number of rotatable bonds is 6. The first-order valence-corrected chi connectivity index (χ1v) is 8.67. The van der Waals surface area contributed by atoms with E-state index in [1.54, 1.807) is 0 Å². The highest BCUT2D eigenvalue weighted by Crippen LogP contribution is 2.26. The smallest absolute Gasteiger partial charge is 0.310 e. The number of non-ortho nitro benzene ring substituents is 1. The Bertz CT molecular complexity index is 1070. The molecule has 0 aliphatic rings. The van der Waals surface area contributed by atoms with E-state index >= 15 is 0 Å². The second-order valence-electron chi connectivity index (χ2n) is 5.99. The van der Waals surface area contributed by atoms with Crippen molar-refractivity contribution in [3.8, 4) is 0 Å². The number of nitro groups is 1. The van der Waals surface area contributed by atoms with Gasteiger partial charge in [0.15, 0.2) is 6.61 Å². The lowest BCUT2D eigenvalue weighted by atomic mass is 10.1. The van der Waals surface area contributed by atoms with Crippen molar-refractivity contribution in [2.24, 2.45) is 0 Å². The molecule has 0 radical (unpaired) electrons. The maximum Gasteiger partial charge on any atom is 0.310 e. The first-order valence-electron chi connectivity index (χ1n) is 8.29. The first-order chi connectivity index (χ1) is 13.4. The van der Waals surface area contributed by atoms with Crippen LogP contribution in [0.4, 0.5) is 11.4 Å². The maximum absolute atomic E-state index is 12.0. The molecule has 0 saturated heterocycles. The van der Waals surface area contributed by atoms with E-state index in [0.29, 0.717) is 0 Å². The second kappa shape index (κ2) is 8.49. The normalized spacial score (nSPS) is 10.5. The SMILES string of the molecule is O=C(COC(=O)Cc1ccc2ccccc2c1)Nc1ccc([N+](=O)[O-])cc1Cl. The summed E-state index contributed by atoms with van der Waals surface area (Å²) in [6.07, 6.45) is 0.0381. The number of ether oxygens (including phenoxy) is 1. The molecule has 0 spiro atoms. The summed E-state index contributed by atoms with van der Waals surface area (Å²) in [4.78, 5) is 34.0. The summed E-state index contributed by atoms with van der Waals surface area (Å²) in [5.74, 6) is -1.14. The van der Waals surface area contributed by atoms with Gasteiger partial charge in [0.2, 0.25) is 0 Å². The number of amides is 1. The second-order valence-corrected chi connectivity index (χ2v) is 6.40. The van der Waals surface area contributed by atoms with Crippen LogP contribution in [-0.2, 0) is 20.7 Å². The average molecular weight is 399 g/mol. The number of esters is 1. The van der Waals surface area contributed by atoms with Gasteiger partial charge in [-0.3, -0.25) is 19.7 Å². The summed E-state index contributed by atoms with van der Waals surface area (Å²) in [5, 5.41) is 15.2. The van der Waals surface area contributed by atoms with Gasteiger partial charge in [-0.05, 0) is 22.4 Å². The summed E-state index contributed by atoms with van der Waals surface area (Å²) < 4.78 is 4.99. The average Bonchev–Trinajstić information content (AvgIpc) is 2.67. The van der Waals surface area contributed by atoms with Gasteiger partial charge in [-0.1, -0.05) is 54.1 Å². The molecule has 1 N–H and O–H groups in total. The van der Waals surface area contributed by atoms with Gasteiger partial charge in [0, 0.05) is 12.1 Å². The number of nitrogens with zero attached hydrogens (tertiary/aromatic N) is 1. The molecule has 0 aliphatic heterocycles. The fourth-order valence-electron chi connectivity index (χ4n) is 2.62. The molecule has 0 fully saturated rings. The van der Waals surface area contributed by atoms with Crippen molar-refractivity contribution in [3.05, 3.63) is 81.4 Å². The van der Waals surface area contributed by atoms with Gasteiger partial charge in [-0.25, -0.2) is 0 Å². The minimum atomic E-state index is -0.595. The standard InChI is InChI=1S/C20H15ClN2O5/c21-17-11-16(23(26)27)7-8-18(17)22-19(24)12-28-20(25)10-13-5-6-14-3-1-2-4-15(14)9-13/h1-9,11H,10,12H2,(H,22,24). The van der Waals surface area contributed by atoms with Crippen LogP contribution in [0.1, 0.15) is 5.56 Å². The van der Waals surface area contributed by atoms with Gasteiger partial charge in [0.25, 0.3) is 11.6 Å². The van der Waals surface area contributed by atoms with Crippen LogP contribution in [0.2, 0.25) is 5.02 Å². The Morgan fingerprint density at radius 2 is 1.79 bits per heavy atom. The van der Waals surface area contributed by atoms with Crippen molar-refractivity contribution in [1.29, 1.82) is 0 Å². The Labute approximate surface area is 165 Å². The number of carbonyl (C=O) groups is 2.